The number of pyridine rings is 1. The minimum Gasteiger partial charge on any atom is -0.481 e. The van der Waals surface area contributed by atoms with E-state index in [1.54, 1.807) is 0 Å². The zero-order valence-electron chi connectivity index (χ0n) is 7.23. The molecule has 0 N–H and O–H groups in total. The Kier molecular flexibility index (Phi) is 4.49. The zero-order valence-corrected chi connectivity index (χ0v) is 11.0. The van der Waals surface area contributed by atoms with Crippen LogP contribution in [0.4, 0.5) is 8.78 Å². The topological polar surface area (TPSA) is 22.1 Å². The van der Waals surface area contributed by atoms with Crippen LogP contribution < -0.4 is 4.74 Å². The van der Waals surface area contributed by atoms with Gasteiger partial charge in [0, 0.05) is 15.0 Å². The molecule has 0 saturated heterocycles. The van der Waals surface area contributed by atoms with Crippen LogP contribution in [0.25, 0.3) is 0 Å². The van der Waals surface area contributed by atoms with E-state index in [-0.39, 0.29) is 5.56 Å². The Bertz CT molecular complexity index is 335. The van der Waals surface area contributed by atoms with E-state index in [4.69, 9.17) is 4.74 Å². The first-order valence-corrected chi connectivity index (χ1v) is 5.87. The van der Waals surface area contributed by atoms with Gasteiger partial charge < -0.3 is 4.74 Å². The van der Waals surface area contributed by atoms with Crippen LogP contribution in [0, 0.1) is 3.57 Å². The van der Waals surface area contributed by atoms with Gasteiger partial charge in [0.1, 0.15) is 0 Å². The summed E-state index contributed by atoms with van der Waals surface area (Å²) in [6, 6.07) is 1.49. The van der Waals surface area contributed by atoms with Gasteiger partial charge in [0.2, 0.25) is 5.88 Å². The van der Waals surface area contributed by atoms with Crippen LogP contribution in [-0.4, -0.2) is 12.1 Å². The molecule has 1 heterocycles. The largest absolute Gasteiger partial charge is 0.481 e. The summed E-state index contributed by atoms with van der Waals surface area (Å²) in [6.07, 6.45) is -2.51. The second kappa shape index (κ2) is 5.20. The van der Waals surface area contributed by atoms with Crippen molar-refractivity contribution >= 4 is 38.5 Å². The van der Waals surface area contributed by atoms with Crippen LogP contribution in [0.3, 0.4) is 0 Å². The maximum absolute atomic E-state index is 12.6. The van der Waals surface area contributed by atoms with Crippen molar-refractivity contribution in [1.29, 1.82) is 0 Å². The molecule has 1 aromatic rings. The fraction of sp³-hybridized carbons (Fsp3) is 0.375. The van der Waals surface area contributed by atoms with Gasteiger partial charge >= 0.3 is 0 Å². The summed E-state index contributed by atoms with van der Waals surface area (Å²) in [5.41, 5.74) is 0.298. The monoisotopic (exact) mass is 377 g/mol. The SMILES string of the molecule is COc1cc(I)c(C(F)F)c(CBr)n1. The standard InChI is InChI=1S/C8H7BrF2INO/c1-14-6-2-4(12)7(8(10)11)5(3-9)13-6/h2,8H,3H2,1H3. The van der Waals surface area contributed by atoms with Crippen molar-refractivity contribution < 1.29 is 13.5 Å². The quantitative estimate of drug-likeness (QED) is 0.594. The molecule has 0 saturated carbocycles. The van der Waals surface area contributed by atoms with Crippen molar-refractivity contribution in [1.82, 2.24) is 4.98 Å². The zero-order chi connectivity index (χ0) is 10.7. The molecule has 0 aliphatic carbocycles. The Labute approximate surface area is 102 Å². The summed E-state index contributed by atoms with van der Waals surface area (Å²) in [4.78, 5) is 3.94. The predicted octanol–water partition coefficient (Wildman–Crippen LogP) is 3.53. The highest BCUT2D eigenvalue weighted by atomic mass is 127. The van der Waals surface area contributed by atoms with Crippen molar-refractivity contribution in [3.63, 3.8) is 0 Å². The first kappa shape index (κ1) is 12.1. The van der Waals surface area contributed by atoms with Gasteiger partial charge in [-0.15, -0.1) is 0 Å². The molecule has 0 fully saturated rings. The Morgan fingerprint density at radius 2 is 2.29 bits per heavy atom. The Morgan fingerprint density at radius 1 is 1.64 bits per heavy atom. The number of ether oxygens (including phenoxy) is 1. The summed E-state index contributed by atoms with van der Waals surface area (Å²) in [7, 11) is 1.46. The van der Waals surface area contributed by atoms with E-state index in [2.05, 4.69) is 20.9 Å². The third-order valence-corrected chi connectivity index (χ3v) is 3.04. The van der Waals surface area contributed by atoms with E-state index in [0.717, 1.165) is 0 Å². The molecule has 0 aliphatic heterocycles. The molecule has 0 aliphatic rings. The highest BCUT2D eigenvalue weighted by Crippen LogP contribution is 2.30. The Hall–Kier alpha value is 0.0200. The van der Waals surface area contributed by atoms with Crippen LogP contribution in [0.15, 0.2) is 6.07 Å². The van der Waals surface area contributed by atoms with Crippen LogP contribution in [-0.2, 0) is 5.33 Å². The van der Waals surface area contributed by atoms with Crippen molar-refractivity contribution in [2.24, 2.45) is 0 Å². The van der Waals surface area contributed by atoms with Gasteiger partial charge in [0.15, 0.2) is 0 Å². The molecule has 78 valence electrons. The van der Waals surface area contributed by atoms with E-state index in [1.165, 1.54) is 13.2 Å². The summed E-state index contributed by atoms with van der Waals surface area (Å²) in [5, 5.41) is 0.292. The fourth-order valence-corrected chi connectivity index (χ4v) is 2.23. The Morgan fingerprint density at radius 3 is 2.71 bits per heavy atom. The number of alkyl halides is 3. The average molecular weight is 378 g/mol. The second-order valence-corrected chi connectivity index (χ2v) is 4.16. The highest BCUT2D eigenvalue weighted by molar-refractivity contribution is 14.1. The third kappa shape index (κ3) is 2.53. The molecule has 0 atom stereocenters. The van der Waals surface area contributed by atoms with Crippen molar-refractivity contribution in [3.05, 3.63) is 20.9 Å². The first-order chi connectivity index (χ1) is 6.60. The van der Waals surface area contributed by atoms with E-state index < -0.39 is 6.43 Å². The van der Waals surface area contributed by atoms with Gasteiger partial charge in [-0.2, -0.15) is 0 Å². The summed E-state index contributed by atoms with van der Waals surface area (Å²) >= 11 is 4.97. The molecule has 6 heteroatoms. The van der Waals surface area contributed by atoms with Crippen LogP contribution in [0.5, 0.6) is 5.88 Å². The molecule has 14 heavy (non-hydrogen) atoms. The molecule has 0 aromatic carbocycles. The van der Waals surface area contributed by atoms with Crippen LogP contribution in [0.2, 0.25) is 0 Å². The number of halogens is 4. The maximum Gasteiger partial charge on any atom is 0.266 e. The maximum atomic E-state index is 12.6. The molecule has 0 amide bonds. The van der Waals surface area contributed by atoms with Crippen molar-refractivity contribution in [2.45, 2.75) is 11.8 Å². The lowest BCUT2D eigenvalue weighted by Gasteiger charge is -2.09. The first-order valence-electron chi connectivity index (χ1n) is 3.67. The summed E-state index contributed by atoms with van der Waals surface area (Å²) < 4.78 is 30.6. The molecule has 0 bridgehead atoms. The van der Waals surface area contributed by atoms with Gasteiger partial charge in [0.25, 0.3) is 6.43 Å². The van der Waals surface area contributed by atoms with Gasteiger partial charge in [-0.1, -0.05) is 15.9 Å². The smallest absolute Gasteiger partial charge is 0.266 e. The normalized spacial score (nSPS) is 10.7. The lowest BCUT2D eigenvalue weighted by molar-refractivity contribution is 0.149. The van der Waals surface area contributed by atoms with Crippen LogP contribution in [0.1, 0.15) is 17.7 Å². The van der Waals surface area contributed by atoms with Gasteiger partial charge in [-0.05, 0) is 22.6 Å². The molecule has 0 unspecified atom stereocenters. The van der Waals surface area contributed by atoms with Crippen molar-refractivity contribution in [3.8, 4) is 5.88 Å². The summed E-state index contributed by atoms with van der Waals surface area (Å²) in [6.45, 7) is 0. The summed E-state index contributed by atoms with van der Waals surface area (Å²) in [5.74, 6) is 0.355. The third-order valence-electron chi connectivity index (χ3n) is 1.62. The number of hydrogen-bond donors (Lipinski definition) is 0. The van der Waals surface area contributed by atoms with Gasteiger partial charge in [-0.3, -0.25) is 0 Å². The predicted molar refractivity (Wildman–Crippen MR) is 61.1 cm³/mol. The van der Waals surface area contributed by atoms with E-state index >= 15 is 0 Å². The minimum absolute atomic E-state index is 0.0247. The Balaban J connectivity index is 3.27. The second-order valence-electron chi connectivity index (χ2n) is 2.44. The molecule has 0 spiro atoms. The number of rotatable bonds is 3. The number of hydrogen-bond acceptors (Lipinski definition) is 2. The molecule has 1 aromatic heterocycles. The molecule has 0 radical (unpaired) electrons. The molecular formula is C8H7BrF2INO. The van der Waals surface area contributed by atoms with E-state index in [0.29, 0.717) is 20.5 Å². The van der Waals surface area contributed by atoms with Crippen LogP contribution >= 0.6 is 38.5 Å². The lowest BCUT2D eigenvalue weighted by Crippen LogP contribution is -2.01. The lowest BCUT2D eigenvalue weighted by atomic mass is 10.2. The average Bonchev–Trinajstić information content (AvgIpc) is 2.15. The fourth-order valence-electron chi connectivity index (χ4n) is 0.986. The number of methoxy groups -OCH3 is 1. The highest BCUT2D eigenvalue weighted by Gasteiger charge is 2.18. The minimum atomic E-state index is -2.51. The van der Waals surface area contributed by atoms with Crippen molar-refractivity contribution in [2.75, 3.05) is 7.11 Å². The van der Waals surface area contributed by atoms with E-state index in [1.807, 2.05) is 22.6 Å². The molecule has 1 rings (SSSR count). The molecular weight excluding hydrogens is 371 g/mol. The molecule has 2 nitrogen and oxygen atoms in total. The van der Waals surface area contributed by atoms with E-state index in [9.17, 15) is 8.78 Å². The number of nitrogens with zero attached hydrogens (tertiary/aromatic N) is 1. The van der Waals surface area contributed by atoms with Gasteiger partial charge in [0.05, 0.1) is 18.4 Å². The number of aromatic nitrogens is 1. The van der Waals surface area contributed by atoms with Gasteiger partial charge in [-0.25, -0.2) is 13.8 Å².